The van der Waals surface area contributed by atoms with Crippen LogP contribution in [0.4, 0.5) is 3.89 Å². The van der Waals surface area contributed by atoms with Crippen molar-refractivity contribution in [2.75, 3.05) is 19.6 Å². The zero-order chi connectivity index (χ0) is 8.77. The van der Waals surface area contributed by atoms with Crippen molar-refractivity contribution in [2.24, 2.45) is 5.92 Å². The van der Waals surface area contributed by atoms with Gasteiger partial charge in [0.15, 0.2) is 0 Å². The van der Waals surface area contributed by atoms with Gasteiger partial charge < -0.3 is 4.90 Å². The van der Waals surface area contributed by atoms with Crippen LogP contribution in [0, 0.1) is 5.92 Å². The average Bonchev–Trinajstić information content (AvgIpc) is 2.05. The third-order valence-corrected chi connectivity index (χ3v) is 4.22. The van der Waals surface area contributed by atoms with Crippen LogP contribution < -0.4 is 0 Å². The maximum atomic E-state index is 12.7. The van der Waals surface area contributed by atoms with Gasteiger partial charge >= 0.3 is 10.2 Å². The topological polar surface area (TPSA) is 37.4 Å². The van der Waals surface area contributed by atoms with Crippen LogP contribution in [-0.2, 0) is 10.2 Å². The lowest BCUT2D eigenvalue weighted by molar-refractivity contribution is 0.113. The lowest BCUT2D eigenvalue weighted by Gasteiger charge is -2.42. The Bertz CT molecular complexity index is 269. The quantitative estimate of drug-likeness (QED) is 0.565. The van der Waals surface area contributed by atoms with E-state index in [2.05, 4.69) is 0 Å². The van der Waals surface area contributed by atoms with Crippen LogP contribution in [0.5, 0.6) is 0 Å². The molecule has 3 heterocycles. The van der Waals surface area contributed by atoms with E-state index >= 15 is 0 Å². The van der Waals surface area contributed by atoms with Gasteiger partial charge in [-0.3, -0.25) is 0 Å². The maximum Gasteiger partial charge on any atom is 0.306 e. The van der Waals surface area contributed by atoms with Gasteiger partial charge in [0.1, 0.15) is 5.25 Å². The first-order valence-corrected chi connectivity index (χ1v) is 5.68. The highest BCUT2D eigenvalue weighted by Gasteiger charge is 2.41. The Morgan fingerprint density at radius 2 is 1.83 bits per heavy atom. The second-order valence-corrected chi connectivity index (χ2v) is 5.21. The lowest BCUT2D eigenvalue weighted by atomic mass is 9.88. The standard InChI is InChI=1S/C7H12FNO2S/c8-12(10,11)7-5-9-3-1-6(7)2-4-9/h6-7H,1-5H2. The normalized spacial score (nSPS) is 41.6. The van der Waals surface area contributed by atoms with Crippen molar-refractivity contribution in [1.82, 2.24) is 4.90 Å². The summed E-state index contributed by atoms with van der Waals surface area (Å²) in [5.41, 5.74) is 0. The third-order valence-electron chi connectivity index (χ3n) is 2.96. The Morgan fingerprint density at radius 1 is 1.25 bits per heavy atom. The Hall–Kier alpha value is -0.160. The highest BCUT2D eigenvalue weighted by atomic mass is 32.3. The monoisotopic (exact) mass is 193 g/mol. The average molecular weight is 193 g/mol. The first-order chi connectivity index (χ1) is 5.57. The van der Waals surface area contributed by atoms with Gasteiger partial charge in [-0.15, -0.1) is 3.89 Å². The summed E-state index contributed by atoms with van der Waals surface area (Å²) in [7, 11) is -4.30. The number of fused-ring (bicyclic) bond motifs is 3. The Morgan fingerprint density at radius 3 is 2.08 bits per heavy atom. The summed E-state index contributed by atoms with van der Waals surface area (Å²) in [5.74, 6) is 0.0741. The zero-order valence-corrected chi connectivity index (χ0v) is 7.56. The van der Waals surface area contributed by atoms with E-state index in [0.29, 0.717) is 6.54 Å². The summed E-state index contributed by atoms with van der Waals surface area (Å²) >= 11 is 0. The van der Waals surface area contributed by atoms with Crippen molar-refractivity contribution >= 4 is 10.2 Å². The molecule has 0 amide bonds. The SMILES string of the molecule is O=S(=O)(F)C1CN2CCC1CC2. The first kappa shape index (κ1) is 8.44. The van der Waals surface area contributed by atoms with Gasteiger partial charge in [-0.2, -0.15) is 8.42 Å². The van der Waals surface area contributed by atoms with Gasteiger partial charge in [0.2, 0.25) is 0 Å². The molecule has 2 bridgehead atoms. The van der Waals surface area contributed by atoms with Crippen LogP contribution >= 0.6 is 0 Å². The maximum absolute atomic E-state index is 12.7. The molecule has 0 aromatic heterocycles. The Kier molecular flexibility index (Phi) is 1.88. The zero-order valence-electron chi connectivity index (χ0n) is 6.74. The van der Waals surface area contributed by atoms with Crippen molar-refractivity contribution in [3.63, 3.8) is 0 Å². The van der Waals surface area contributed by atoms with E-state index in [1.165, 1.54) is 0 Å². The molecule has 5 heteroatoms. The summed E-state index contributed by atoms with van der Waals surface area (Å²) in [6, 6.07) is 0. The molecule has 3 rings (SSSR count). The molecule has 0 spiro atoms. The predicted octanol–water partition coefficient (Wildman–Crippen LogP) is 0.380. The molecule has 70 valence electrons. The molecule has 3 saturated heterocycles. The van der Waals surface area contributed by atoms with Crippen LogP contribution in [0.25, 0.3) is 0 Å². The van der Waals surface area contributed by atoms with E-state index in [1.807, 2.05) is 4.90 Å². The van der Waals surface area contributed by atoms with Gasteiger partial charge in [0.05, 0.1) is 0 Å². The van der Waals surface area contributed by atoms with E-state index < -0.39 is 15.5 Å². The molecule has 0 aliphatic carbocycles. The van der Waals surface area contributed by atoms with E-state index in [4.69, 9.17) is 0 Å². The molecule has 0 saturated carbocycles. The number of halogens is 1. The Labute approximate surface area is 71.8 Å². The molecule has 3 nitrogen and oxygen atoms in total. The van der Waals surface area contributed by atoms with Crippen molar-refractivity contribution in [2.45, 2.75) is 18.1 Å². The Balaban J connectivity index is 2.20. The van der Waals surface area contributed by atoms with Crippen molar-refractivity contribution in [1.29, 1.82) is 0 Å². The molecule has 1 atom stereocenters. The molecular weight excluding hydrogens is 181 g/mol. The van der Waals surface area contributed by atoms with Crippen molar-refractivity contribution in [3.05, 3.63) is 0 Å². The number of hydrogen-bond acceptors (Lipinski definition) is 3. The van der Waals surface area contributed by atoms with Crippen molar-refractivity contribution < 1.29 is 12.3 Å². The van der Waals surface area contributed by atoms with E-state index in [0.717, 1.165) is 25.9 Å². The predicted molar refractivity (Wildman–Crippen MR) is 43.0 cm³/mol. The van der Waals surface area contributed by atoms with Gasteiger partial charge in [-0.1, -0.05) is 0 Å². The molecule has 0 N–H and O–H groups in total. The van der Waals surface area contributed by atoms with Crippen LogP contribution in [0.15, 0.2) is 0 Å². The van der Waals surface area contributed by atoms with Gasteiger partial charge in [-0.05, 0) is 31.8 Å². The second-order valence-electron chi connectivity index (χ2n) is 3.65. The summed E-state index contributed by atoms with van der Waals surface area (Å²) in [6.45, 7) is 2.29. The molecule has 1 unspecified atom stereocenters. The van der Waals surface area contributed by atoms with E-state index in [-0.39, 0.29) is 5.92 Å². The molecule has 0 aromatic rings. The first-order valence-electron chi connectivity index (χ1n) is 4.23. The third kappa shape index (κ3) is 1.35. The van der Waals surface area contributed by atoms with Crippen LogP contribution in [0.3, 0.4) is 0 Å². The molecular formula is C7H12FNO2S. The minimum atomic E-state index is -4.30. The highest BCUT2D eigenvalue weighted by molar-refractivity contribution is 7.87. The minimum Gasteiger partial charge on any atom is -0.302 e. The highest BCUT2D eigenvalue weighted by Crippen LogP contribution is 2.32. The molecule has 12 heavy (non-hydrogen) atoms. The number of hydrogen-bond donors (Lipinski definition) is 0. The minimum absolute atomic E-state index is 0.0741. The summed E-state index contributed by atoms with van der Waals surface area (Å²) in [5, 5.41) is -0.736. The largest absolute Gasteiger partial charge is 0.306 e. The number of nitrogens with zero attached hydrogens (tertiary/aromatic N) is 1. The second kappa shape index (κ2) is 2.67. The van der Waals surface area contributed by atoms with E-state index in [1.54, 1.807) is 0 Å². The molecule has 0 aromatic carbocycles. The molecule has 3 aliphatic rings. The number of rotatable bonds is 1. The summed E-state index contributed by atoms with van der Waals surface area (Å²) in [4.78, 5) is 2.03. The molecule has 3 aliphatic heterocycles. The van der Waals surface area contributed by atoms with Gasteiger partial charge in [0, 0.05) is 6.54 Å². The van der Waals surface area contributed by atoms with Crippen molar-refractivity contribution in [3.8, 4) is 0 Å². The van der Waals surface area contributed by atoms with Crippen LogP contribution in [0.1, 0.15) is 12.8 Å². The fourth-order valence-corrected chi connectivity index (χ4v) is 3.35. The van der Waals surface area contributed by atoms with E-state index in [9.17, 15) is 12.3 Å². The lowest BCUT2D eigenvalue weighted by Crippen LogP contribution is -2.52. The summed E-state index contributed by atoms with van der Waals surface area (Å²) in [6.07, 6.45) is 1.68. The fourth-order valence-electron chi connectivity index (χ4n) is 2.23. The number of piperidine rings is 3. The van der Waals surface area contributed by atoms with Gasteiger partial charge in [0.25, 0.3) is 0 Å². The fraction of sp³-hybridized carbons (Fsp3) is 1.00. The molecule has 3 fully saturated rings. The summed E-state index contributed by atoms with van der Waals surface area (Å²) < 4.78 is 34.0. The van der Waals surface area contributed by atoms with Crippen LogP contribution in [-0.4, -0.2) is 38.2 Å². The van der Waals surface area contributed by atoms with Crippen LogP contribution in [0.2, 0.25) is 0 Å². The smallest absolute Gasteiger partial charge is 0.302 e. The van der Waals surface area contributed by atoms with Gasteiger partial charge in [-0.25, -0.2) is 0 Å². The molecule has 0 radical (unpaired) electrons.